The van der Waals surface area contributed by atoms with Gasteiger partial charge in [0, 0.05) is 29.3 Å². The standard InChI is InChI=1S/C23H20BrF3N8O4/c1-2-35(38-22(37)23(25,26)27)18-14(21(36)31-34-8-3-4-9-34)11-29-15(12-6-5-7-13(24)10-12)16(18)30-20(35)17-19(28)33-39-32-17/h5-7,10-11H,2-4,8-9H2,1H3,(H2-,28,31,33,36)/p+1. The molecule has 1 unspecified atom stereocenters. The summed E-state index contributed by atoms with van der Waals surface area (Å²) in [6, 6.07) is 6.93. The fraction of sp³-hybridized carbons (Fsp3) is 0.304. The molecule has 16 heteroatoms. The number of nitrogen functional groups attached to an aromatic ring is 1. The van der Waals surface area contributed by atoms with E-state index in [1.165, 1.54) is 13.1 Å². The maximum atomic E-state index is 13.6. The number of nitrogens with one attached hydrogen (secondary N) is 1. The number of carbonyl (C=O) groups excluding carboxylic acids is 2. The van der Waals surface area contributed by atoms with Crippen LogP contribution in [0.15, 0.2) is 44.6 Å². The molecule has 0 aliphatic carbocycles. The number of rotatable bonds is 6. The second kappa shape index (κ2) is 10.0. The molecule has 1 aromatic carbocycles. The molecule has 3 N–H and O–H groups in total. The molecule has 1 atom stereocenters. The van der Waals surface area contributed by atoms with Crippen molar-refractivity contribution in [1.82, 2.24) is 30.4 Å². The van der Waals surface area contributed by atoms with Crippen LogP contribution < -0.4 is 15.8 Å². The first kappa shape index (κ1) is 26.7. The van der Waals surface area contributed by atoms with Gasteiger partial charge >= 0.3 is 18.0 Å². The number of hydrogen-bond donors (Lipinski definition) is 2. The summed E-state index contributed by atoms with van der Waals surface area (Å²) in [5.74, 6) is -3.81. The molecule has 0 saturated carbocycles. The molecule has 204 valence electrons. The monoisotopic (exact) mass is 609 g/mol. The Morgan fingerprint density at radius 3 is 2.59 bits per heavy atom. The molecule has 1 amide bonds. The SMILES string of the molecule is CC[N+]1(OC(=O)C(F)(F)F)C(c2nonc2N)=Nc2c(-c3cccc(Br)c3)ncc(C(=O)NN3CCCC3)c21. The lowest BCUT2D eigenvalue weighted by atomic mass is 10.1. The number of hydrogen-bond acceptors (Lipinski definition) is 10. The summed E-state index contributed by atoms with van der Waals surface area (Å²) >= 11 is 3.39. The minimum atomic E-state index is -5.36. The van der Waals surface area contributed by atoms with Crippen LogP contribution in [0.2, 0.25) is 0 Å². The van der Waals surface area contributed by atoms with E-state index in [9.17, 15) is 22.8 Å². The molecule has 3 aromatic rings. The average molecular weight is 610 g/mol. The van der Waals surface area contributed by atoms with E-state index in [2.05, 4.69) is 46.3 Å². The number of benzene rings is 1. The Hall–Kier alpha value is -3.89. The van der Waals surface area contributed by atoms with Crippen molar-refractivity contribution in [2.24, 2.45) is 4.99 Å². The maximum Gasteiger partial charge on any atom is 0.497 e. The first-order chi connectivity index (χ1) is 18.5. The highest BCUT2D eigenvalue weighted by molar-refractivity contribution is 9.10. The summed E-state index contributed by atoms with van der Waals surface area (Å²) in [5, 5.41) is 8.89. The van der Waals surface area contributed by atoms with Crippen molar-refractivity contribution in [3.05, 3.63) is 46.2 Å². The molecule has 4 heterocycles. The van der Waals surface area contributed by atoms with Crippen LogP contribution in [0.4, 0.5) is 30.4 Å². The van der Waals surface area contributed by atoms with E-state index in [0.717, 1.165) is 12.8 Å². The first-order valence-electron chi connectivity index (χ1n) is 11.8. The third-order valence-corrected chi connectivity index (χ3v) is 6.79. The summed E-state index contributed by atoms with van der Waals surface area (Å²) in [5.41, 5.74) is 8.84. The number of alkyl halides is 3. The van der Waals surface area contributed by atoms with Crippen molar-refractivity contribution in [1.29, 1.82) is 0 Å². The van der Waals surface area contributed by atoms with Crippen molar-refractivity contribution < 1.29 is 32.2 Å². The van der Waals surface area contributed by atoms with E-state index in [1.54, 1.807) is 29.3 Å². The van der Waals surface area contributed by atoms with Gasteiger partial charge in [-0.15, -0.1) is 0 Å². The summed E-state index contributed by atoms with van der Waals surface area (Å²) in [6.45, 7) is 2.32. The first-order valence-corrected chi connectivity index (χ1v) is 12.6. The smallest absolute Gasteiger partial charge is 0.379 e. The van der Waals surface area contributed by atoms with Gasteiger partial charge in [0.25, 0.3) is 5.91 Å². The predicted octanol–water partition coefficient (Wildman–Crippen LogP) is 3.66. The molecular weight excluding hydrogens is 589 g/mol. The Morgan fingerprint density at radius 2 is 1.97 bits per heavy atom. The number of amidine groups is 1. The van der Waals surface area contributed by atoms with Gasteiger partial charge in [-0.1, -0.05) is 28.1 Å². The fourth-order valence-electron chi connectivity index (χ4n) is 4.53. The molecule has 2 aliphatic rings. The molecule has 2 aromatic heterocycles. The number of anilines is 1. The van der Waals surface area contributed by atoms with Crippen LogP contribution >= 0.6 is 15.9 Å². The number of nitrogens with zero attached hydrogens (tertiary/aromatic N) is 6. The second-order valence-electron chi connectivity index (χ2n) is 8.73. The Kier molecular flexibility index (Phi) is 6.86. The lowest BCUT2D eigenvalue weighted by Gasteiger charge is -2.30. The Labute approximate surface area is 227 Å². The molecule has 12 nitrogen and oxygen atoms in total. The molecule has 0 bridgehead atoms. The summed E-state index contributed by atoms with van der Waals surface area (Å²) < 4.78 is 44.7. The number of amides is 1. The molecule has 39 heavy (non-hydrogen) atoms. The zero-order valence-electron chi connectivity index (χ0n) is 20.3. The number of fused-ring (bicyclic) bond motifs is 1. The molecule has 5 rings (SSSR count). The fourth-order valence-corrected chi connectivity index (χ4v) is 4.93. The number of carbonyl (C=O) groups is 2. The molecular formula is C23H21BrF3N8O4+. The Morgan fingerprint density at radius 1 is 1.23 bits per heavy atom. The highest BCUT2D eigenvalue weighted by Crippen LogP contribution is 2.50. The van der Waals surface area contributed by atoms with Crippen molar-refractivity contribution in [2.45, 2.75) is 25.9 Å². The summed E-state index contributed by atoms with van der Waals surface area (Å²) in [7, 11) is 0. The van der Waals surface area contributed by atoms with E-state index < -0.39 is 22.7 Å². The zero-order chi connectivity index (χ0) is 27.9. The molecule has 1 fully saturated rings. The maximum absolute atomic E-state index is 13.6. The van der Waals surface area contributed by atoms with Crippen molar-refractivity contribution in [2.75, 3.05) is 25.4 Å². The largest absolute Gasteiger partial charge is 0.497 e. The summed E-state index contributed by atoms with van der Waals surface area (Å²) in [4.78, 5) is 40.0. The highest BCUT2D eigenvalue weighted by Gasteiger charge is 2.58. The number of pyridine rings is 1. The number of aliphatic imine (C=N–C) groups is 1. The van der Waals surface area contributed by atoms with Gasteiger partial charge in [0.15, 0.2) is 5.69 Å². The van der Waals surface area contributed by atoms with E-state index in [4.69, 9.17) is 10.6 Å². The lowest BCUT2D eigenvalue weighted by molar-refractivity contribution is -0.222. The van der Waals surface area contributed by atoms with Crippen molar-refractivity contribution in [3.8, 4) is 11.3 Å². The topological polar surface area (TPSA) is 149 Å². The summed E-state index contributed by atoms with van der Waals surface area (Å²) in [6.07, 6.45) is -2.42. The molecule has 2 aliphatic heterocycles. The number of halogens is 4. The van der Waals surface area contributed by atoms with Crippen molar-refractivity contribution >= 4 is 50.8 Å². The minimum Gasteiger partial charge on any atom is -0.379 e. The number of aromatic nitrogens is 3. The van der Waals surface area contributed by atoms with Crippen LogP contribution in [0.1, 0.15) is 35.8 Å². The molecule has 0 radical (unpaired) electrons. The van der Waals surface area contributed by atoms with Crippen LogP contribution in [0, 0.1) is 0 Å². The van der Waals surface area contributed by atoms with Gasteiger partial charge in [-0.05, 0) is 46.9 Å². The Bertz CT molecular complexity index is 1490. The van der Waals surface area contributed by atoms with Crippen LogP contribution in [0.3, 0.4) is 0 Å². The van der Waals surface area contributed by atoms with Gasteiger partial charge in [0.05, 0.1) is 0 Å². The average Bonchev–Trinajstić information content (AvgIpc) is 3.62. The van der Waals surface area contributed by atoms with Crippen LogP contribution in [-0.4, -0.2) is 63.8 Å². The lowest BCUT2D eigenvalue weighted by Crippen LogP contribution is -2.56. The van der Waals surface area contributed by atoms with E-state index in [1.807, 2.05) is 0 Å². The number of quaternary nitrogens is 1. The van der Waals surface area contributed by atoms with Crippen LogP contribution in [0.5, 0.6) is 0 Å². The minimum absolute atomic E-state index is 0.00334. The van der Waals surface area contributed by atoms with E-state index >= 15 is 0 Å². The van der Waals surface area contributed by atoms with Crippen LogP contribution in [-0.2, 0) is 9.63 Å². The number of hydroxylamine groups is 2. The van der Waals surface area contributed by atoms with Gasteiger partial charge in [0.1, 0.15) is 17.8 Å². The number of hydrazine groups is 1. The molecule has 1 saturated heterocycles. The van der Waals surface area contributed by atoms with Crippen LogP contribution in [0.25, 0.3) is 11.3 Å². The van der Waals surface area contributed by atoms with E-state index in [-0.39, 0.29) is 46.5 Å². The van der Waals surface area contributed by atoms with Crippen molar-refractivity contribution in [3.63, 3.8) is 0 Å². The van der Waals surface area contributed by atoms with Gasteiger partial charge in [-0.25, -0.2) is 14.4 Å². The Balaban J connectivity index is 1.78. The normalized spacial score (nSPS) is 19.1. The van der Waals surface area contributed by atoms with Gasteiger partial charge < -0.3 is 5.73 Å². The predicted molar refractivity (Wildman–Crippen MR) is 135 cm³/mol. The van der Waals surface area contributed by atoms with Gasteiger partial charge in [0.2, 0.25) is 17.2 Å². The number of nitrogens with two attached hydrogens (primary N) is 1. The van der Waals surface area contributed by atoms with Gasteiger partial charge in [-0.2, -0.15) is 18.2 Å². The second-order valence-corrected chi connectivity index (χ2v) is 9.64. The third kappa shape index (κ3) is 4.74. The highest BCUT2D eigenvalue weighted by atomic mass is 79.9. The third-order valence-electron chi connectivity index (χ3n) is 6.30. The van der Waals surface area contributed by atoms with Gasteiger partial charge in [-0.3, -0.25) is 20.0 Å². The molecule has 0 spiro atoms. The van der Waals surface area contributed by atoms with E-state index in [0.29, 0.717) is 23.1 Å². The quantitative estimate of drug-likeness (QED) is 0.399. The zero-order valence-corrected chi connectivity index (χ0v) is 21.9.